The molecule has 0 aliphatic carbocycles. The maximum Gasteiger partial charge on any atom is 0.335 e. The predicted octanol–water partition coefficient (Wildman–Crippen LogP) is 3.94. The smallest absolute Gasteiger partial charge is 0.335 e. The van der Waals surface area contributed by atoms with Crippen LogP contribution in [0.25, 0.3) is 0 Å². The van der Waals surface area contributed by atoms with Crippen LogP contribution in [-0.4, -0.2) is 35.3 Å². The van der Waals surface area contributed by atoms with E-state index in [1.807, 2.05) is 35.7 Å². The van der Waals surface area contributed by atoms with E-state index in [-0.39, 0.29) is 16.2 Å². The molecular formula is C21H20O4S2. The van der Waals surface area contributed by atoms with Gasteiger partial charge in [0.1, 0.15) is 5.75 Å². The molecular weight excluding hydrogens is 380 g/mol. The second-order valence-electron chi connectivity index (χ2n) is 6.06. The van der Waals surface area contributed by atoms with E-state index in [0.29, 0.717) is 17.7 Å². The second-order valence-corrected chi connectivity index (χ2v) is 8.52. The molecule has 3 rings (SSSR count). The van der Waals surface area contributed by atoms with Crippen LogP contribution in [0.15, 0.2) is 36.4 Å². The highest BCUT2D eigenvalue weighted by Gasteiger charge is 2.36. The van der Waals surface area contributed by atoms with Crippen LogP contribution < -0.4 is 4.74 Å². The molecule has 140 valence electrons. The van der Waals surface area contributed by atoms with E-state index in [9.17, 15) is 9.90 Å². The first kappa shape index (κ1) is 19.7. The van der Waals surface area contributed by atoms with Gasteiger partial charge in [0, 0.05) is 23.1 Å². The van der Waals surface area contributed by atoms with Crippen LogP contribution in [-0.2, 0) is 10.7 Å². The normalized spacial score (nSPS) is 14.5. The summed E-state index contributed by atoms with van der Waals surface area (Å²) < 4.78 is 5.77. The largest absolute Gasteiger partial charge is 0.493 e. The number of ether oxygens (including phenoxy) is 1. The lowest BCUT2D eigenvalue weighted by molar-refractivity contribution is 0.0696. The molecule has 0 spiro atoms. The summed E-state index contributed by atoms with van der Waals surface area (Å²) in [5.41, 5.74) is 3.27. The SMILES string of the molecule is CSC1(SC)CCOc2ccc(C#Cc3ccc(C(=O)O)cc3CO)cc21. The van der Waals surface area contributed by atoms with Crippen molar-refractivity contribution in [2.75, 3.05) is 19.1 Å². The Morgan fingerprint density at radius 1 is 1.19 bits per heavy atom. The summed E-state index contributed by atoms with van der Waals surface area (Å²) in [4.78, 5) is 11.1. The average Bonchev–Trinajstić information content (AvgIpc) is 2.71. The second kappa shape index (κ2) is 8.30. The zero-order valence-electron chi connectivity index (χ0n) is 15.1. The Hall–Kier alpha value is -2.07. The van der Waals surface area contributed by atoms with E-state index in [1.165, 1.54) is 12.1 Å². The summed E-state index contributed by atoms with van der Waals surface area (Å²) in [6.07, 6.45) is 5.16. The third-order valence-electron chi connectivity index (χ3n) is 4.60. The summed E-state index contributed by atoms with van der Waals surface area (Å²) in [6.45, 7) is 0.445. The summed E-state index contributed by atoms with van der Waals surface area (Å²) >= 11 is 3.63. The minimum absolute atomic E-state index is 0.0370. The number of aromatic carboxylic acids is 1. The van der Waals surface area contributed by atoms with Crippen molar-refractivity contribution in [1.29, 1.82) is 0 Å². The summed E-state index contributed by atoms with van der Waals surface area (Å²) in [5, 5.41) is 18.6. The van der Waals surface area contributed by atoms with E-state index in [0.717, 1.165) is 23.3 Å². The van der Waals surface area contributed by atoms with E-state index >= 15 is 0 Å². The number of thioether (sulfide) groups is 2. The highest BCUT2D eigenvalue weighted by Crippen LogP contribution is 2.52. The van der Waals surface area contributed by atoms with Gasteiger partial charge in [-0.3, -0.25) is 0 Å². The quantitative estimate of drug-likeness (QED) is 0.599. The molecule has 2 aromatic carbocycles. The first-order chi connectivity index (χ1) is 13.0. The van der Waals surface area contributed by atoms with Gasteiger partial charge >= 0.3 is 5.97 Å². The van der Waals surface area contributed by atoms with Gasteiger partial charge in [-0.1, -0.05) is 11.8 Å². The minimum atomic E-state index is -1.02. The van der Waals surface area contributed by atoms with Crippen LogP contribution in [0.2, 0.25) is 0 Å². The molecule has 2 aromatic rings. The van der Waals surface area contributed by atoms with Crippen LogP contribution >= 0.6 is 23.5 Å². The first-order valence-electron chi connectivity index (χ1n) is 8.39. The van der Waals surface area contributed by atoms with Crippen LogP contribution in [0, 0.1) is 11.8 Å². The molecule has 0 fully saturated rings. The van der Waals surface area contributed by atoms with Crippen molar-refractivity contribution < 1.29 is 19.7 Å². The highest BCUT2D eigenvalue weighted by atomic mass is 32.2. The number of carbonyl (C=O) groups is 1. The molecule has 1 aliphatic heterocycles. The van der Waals surface area contributed by atoms with Gasteiger partial charge in [0.15, 0.2) is 0 Å². The zero-order valence-corrected chi connectivity index (χ0v) is 16.7. The molecule has 0 radical (unpaired) electrons. The van der Waals surface area contributed by atoms with Crippen molar-refractivity contribution in [2.24, 2.45) is 0 Å². The first-order valence-corrected chi connectivity index (χ1v) is 10.8. The van der Waals surface area contributed by atoms with Gasteiger partial charge in [-0.2, -0.15) is 0 Å². The molecule has 6 heteroatoms. The van der Waals surface area contributed by atoms with Gasteiger partial charge in [0.05, 0.1) is 22.9 Å². The number of rotatable bonds is 4. The molecule has 0 saturated carbocycles. The molecule has 1 aliphatic rings. The standard InChI is InChI=1S/C21H20O4S2/c1-26-21(27-2)9-10-25-19-8-4-14(11-18(19)21)3-5-15-6-7-16(20(23)24)12-17(15)13-22/h4,6-8,11-12,22H,9-10,13H2,1-2H3,(H,23,24). The van der Waals surface area contributed by atoms with Gasteiger partial charge in [-0.15, -0.1) is 23.5 Å². The van der Waals surface area contributed by atoms with Crippen molar-refractivity contribution in [2.45, 2.75) is 17.1 Å². The van der Waals surface area contributed by atoms with E-state index in [4.69, 9.17) is 9.84 Å². The minimum Gasteiger partial charge on any atom is -0.493 e. The van der Waals surface area contributed by atoms with E-state index in [1.54, 1.807) is 6.07 Å². The molecule has 1 heterocycles. The lowest BCUT2D eigenvalue weighted by Gasteiger charge is -2.36. The number of fused-ring (bicyclic) bond motifs is 1. The maximum absolute atomic E-state index is 11.1. The monoisotopic (exact) mass is 400 g/mol. The molecule has 0 atom stereocenters. The van der Waals surface area contributed by atoms with Crippen molar-refractivity contribution in [3.05, 3.63) is 64.2 Å². The fourth-order valence-corrected chi connectivity index (χ4v) is 5.09. The molecule has 0 bridgehead atoms. The van der Waals surface area contributed by atoms with Crippen molar-refractivity contribution in [3.8, 4) is 17.6 Å². The molecule has 0 saturated heterocycles. The molecule has 4 nitrogen and oxygen atoms in total. The van der Waals surface area contributed by atoms with E-state index < -0.39 is 5.97 Å². The zero-order chi connectivity index (χ0) is 19.4. The Morgan fingerprint density at radius 3 is 2.63 bits per heavy atom. The van der Waals surface area contributed by atoms with Gasteiger partial charge in [-0.25, -0.2) is 4.79 Å². The Balaban J connectivity index is 1.98. The lowest BCUT2D eigenvalue weighted by Crippen LogP contribution is -2.26. The number of aliphatic hydroxyl groups excluding tert-OH is 1. The molecule has 0 unspecified atom stereocenters. The van der Waals surface area contributed by atoms with Gasteiger partial charge < -0.3 is 14.9 Å². The number of aliphatic hydroxyl groups is 1. The number of benzene rings is 2. The highest BCUT2D eigenvalue weighted by molar-refractivity contribution is 8.16. The summed E-state index contributed by atoms with van der Waals surface area (Å²) in [6, 6.07) is 10.5. The number of hydrogen-bond donors (Lipinski definition) is 2. The fourth-order valence-electron chi connectivity index (χ4n) is 3.09. The van der Waals surface area contributed by atoms with Crippen LogP contribution in [0.5, 0.6) is 5.75 Å². The van der Waals surface area contributed by atoms with Crippen molar-refractivity contribution >= 4 is 29.5 Å². The van der Waals surface area contributed by atoms with Crippen LogP contribution in [0.4, 0.5) is 0 Å². The van der Waals surface area contributed by atoms with Gasteiger partial charge in [0.25, 0.3) is 0 Å². The Kier molecular flexibility index (Phi) is 6.05. The summed E-state index contributed by atoms with van der Waals surface area (Å²) in [5.74, 6) is 6.07. The predicted molar refractivity (Wildman–Crippen MR) is 111 cm³/mol. The number of hydrogen-bond acceptors (Lipinski definition) is 5. The third kappa shape index (κ3) is 3.96. The Morgan fingerprint density at radius 2 is 1.96 bits per heavy atom. The van der Waals surface area contributed by atoms with Crippen LogP contribution in [0.1, 0.15) is 39.0 Å². The van der Waals surface area contributed by atoms with Gasteiger partial charge in [-0.05, 0) is 54.5 Å². The average molecular weight is 401 g/mol. The third-order valence-corrected chi connectivity index (χ3v) is 7.77. The lowest BCUT2D eigenvalue weighted by atomic mass is 10.0. The Bertz CT molecular complexity index is 924. The van der Waals surface area contributed by atoms with Gasteiger partial charge in [0.2, 0.25) is 0 Å². The van der Waals surface area contributed by atoms with Crippen LogP contribution in [0.3, 0.4) is 0 Å². The molecule has 2 N–H and O–H groups in total. The molecule has 0 aromatic heterocycles. The fraction of sp³-hybridized carbons (Fsp3) is 0.286. The molecule has 0 amide bonds. The number of carboxylic acid groups (broad SMARTS) is 1. The molecule has 27 heavy (non-hydrogen) atoms. The maximum atomic E-state index is 11.1. The Labute approximate surface area is 167 Å². The topological polar surface area (TPSA) is 66.8 Å². The van der Waals surface area contributed by atoms with Crippen molar-refractivity contribution in [1.82, 2.24) is 0 Å². The number of carboxylic acids is 1. The van der Waals surface area contributed by atoms with E-state index in [2.05, 4.69) is 30.4 Å². The van der Waals surface area contributed by atoms with Crippen molar-refractivity contribution in [3.63, 3.8) is 0 Å². The summed E-state index contributed by atoms with van der Waals surface area (Å²) in [7, 11) is 0.